The van der Waals surface area contributed by atoms with E-state index in [1.807, 2.05) is 62.4 Å². The molecule has 0 saturated carbocycles. The number of carbonyl (C=O) groups excluding carboxylic acids is 2. The minimum absolute atomic E-state index is 0.0673. The lowest BCUT2D eigenvalue weighted by Gasteiger charge is -2.25. The standard InChI is InChI=1S/C31H33NO6/c1-4-37-24-13-11-23(12-14-24)28-27(30(34)31(35)32(28)17-8-18-36-3)29(33)26-16-15-25(19-21(26)2)38-20-22-9-6-5-7-10-22/h5-7,9-16,19,28,33H,4,8,17-18,20H2,1-3H3/t28-/m1/s1. The van der Waals surface area contributed by atoms with Crippen LogP contribution in [0.2, 0.25) is 0 Å². The second kappa shape index (κ2) is 12.4. The first kappa shape index (κ1) is 26.9. The molecule has 38 heavy (non-hydrogen) atoms. The number of methoxy groups -OCH3 is 1. The monoisotopic (exact) mass is 515 g/mol. The van der Waals surface area contributed by atoms with Crippen molar-refractivity contribution in [2.45, 2.75) is 32.9 Å². The molecular weight excluding hydrogens is 482 g/mol. The van der Waals surface area contributed by atoms with Gasteiger partial charge in [-0.25, -0.2) is 0 Å². The van der Waals surface area contributed by atoms with Crippen molar-refractivity contribution < 1.29 is 28.9 Å². The van der Waals surface area contributed by atoms with Crippen LogP contribution in [0, 0.1) is 6.92 Å². The van der Waals surface area contributed by atoms with E-state index in [9.17, 15) is 14.7 Å². The molecule has 0 bridgehead atoms. The smallest absolute Gasteiger partial charge is 0.295 e. The van der Waals surface area contributed by atoms with Crippen LogP contribution in [-0.4, -0.2) is 48.6 Å². The Balaban J connectivity index is 1.68. The molecule has 7 nitrogen and oxygen atoms in total. The molecule has 3 aromatic carbocycles. The van der Waals surface area contributed by atoms with Crippen molar-refractivity contribution in [1.82, 2.24) is 4.90 Å². The van der Waals surface area contributed by atoms with Crippen molar-refractivity contribution in [2.24, 2.45) is 0 Å². The van der Waals surface area contributed by atoms with Crippen LogP contribution in [-0.2, 0) is 20.9 Å². The van der Waals surface area contributed by atoms with Crippen LogP contribution >= 0.6 is 0 Å². The molecule has 3 aromatic rings. The molecule has 1 atom stereocenters. The van der Waals surface area contributed by atoms with E-state index < -0.39 is 17.7 Å². The molecule has 1 fully saturated rings. The highest BCUT2D eigenvalue weighted by molar-refractivity contribution is 6.46. The molecule has 4 rings (SSSR count). The summed E-state index contributed by atoms with van der Waals surface area (Å²) in [4.78, 5) is 27.9. The van der Waals surface area contributed by atoms with Crippen LogP contribution in [0.5, 0.6) is 11.5 Å². The van der Waals surface area contributed by atoms with E-state index >= 15 is 0 Å². The van der Waals surface area contributed by atoms with Gasteiger partial charge in [0.1, 0.15) is 23.9 Å². The summed E-state index contributed by atoms with van der Waals surface area (Å²) in [5, 5.41) is 11.4. The van der Waals surface area contributed by atoms with Crippen molar-refractivity contribution in [2.75, 3.05) is 26.9 Å². The SMILES string of the molecule is CCOc1ccc([C@@H]2C(=C(O)c3ccc(OCc4ccccc4)cc3C)C(=O)C(=O)N2CCCOC)cc1. The van der Waals surface area contributed by atoms with Crippen LogP contribution in [0.1, 0.15) is 41.6 Å². The minimum atomic E-state index is -0.726. The first-order chi connectivity index (χ1) is 18.4. The van der Waals surface area contributed by atoms with Gasteiger partial charge in [0.15, 0.2) is 0 Å². The number of nitrogens with zero attached hydrogens (tertiary/aromatic N) is 1. The molecule has 1 amide bonds. The zero-order valence-corrected chi connectivity index (χ0v) is 22.0. The topological polar surface area (TPSA) is 85.3 Å². The number of hydrogen-bond acceptors (Lipinski definition) is 6. The Kier molecular flexibility index (Phi) is 8.81. The van der Waals surface area contributed by atoms with E-state index in [1.165, 1.54) is 4.90 Å². The summed E-state index contributed by atoms with van der Waals surface area (Å²) in [5.74, 6) is -0.214. The maximum absolute atomic E-state index is 13.3. The Bertz CT molecular complexity index is 1300. The van der Waals surface area contributed by atoms with Gasteiger partial charge in [-0.3, -0.25) is 9.59 Å². The van der Waals surface area contributed by atoms with Crippen LogP contribution in [0.15, 0.2) is 78.4 Å². The van der Waals surface area contributed by atoms with Gasteiger partial charge in [-0.15, -0.1) is 0 Å². The molecule has 1 N–H and O–H groups in total. The number of likely N-dealkylation sites (tertiary alicyclic amines) is 1. The van der Waals surface area contributed by atoms with E-state index in [-0.39, 0.29) is 11.3 Å². The molecule has 1 aliphatic heterocycles. The molecule has 0 radical (unpaired) electrons. The lowest BCUT2D eigenvalue weighted by Crippen LogP contribution is -2.31. The van der Waals surface area contributed by atoms with Crippen LogP contribution < -0.4 is 9.47 Å². The summed E-state index contributed by atoms with van der Waals surface area (Å²) < 4.78 is 16.6. The third-order valence-corrected chi connectivity index (χ3v) is 6.50. The molecule has 0 spiro atoms. The Morgan fingerprint density at radius 1 is 0.947 bits per heavy atom. The van der Waals surface area contributed by atoms with E-state index in [1.54, 1.807) is 31.4 Å². The van der Waals surface area contributed by atoms with Gasteiger partial charge in [0.05, 0.1) is 18.2 Å². The second-order valence-corrected chi connectivity index (χ2v) is 9.09. The molecule has 1 aliphatic rings. The molecular formula is C31H33NO6. The Hall–Kier alpha value is -4.10. The second-order valence-electron chi connectivity index (χ2n) is 9.09. The average Bonchev–Trinajstić information content (AvgIpc) is 3.18. The van der Waals surface area contributed by atoms with E-state index in [0.29, 0.717) is 55.4 Å². The molecule has 198 valence electrons. The Labute approximate surface area is 223 Å². The van der Waals surface area contributed by atoms with Gasteiger partial charge in [0.25, 0.3) is 11.7 Å². The molecule has 7 heteroatoms. The number of Topliss-reactive ketones (excluding diaryl/α,β-unsaturated/α-hetero) is 1. The highest BCUT2D eigenvalue weighted by Crippen LogP contribution is 2.40. The zero-order valence-electron chi connectivity index (χ0n) is 22.0. The third kappa shape index (κ3) is 5.89. The van der Waals surface area contributed by atoms with Crippen molar-refractivity contribution in [3.05, 3.63) is 101 Å². The predicted octanol–water partition coefficient (Wildman–Crippen LogP) is 5.43. The lowest BCUT2D eigenvalue weighted by atomic mass is 9.93. The van der Waals surface area contributed by atoms with Gasteiger partial charge < -0.3 is 24.2 Å². The number of rotatable bonds is 11. The van der Waals surface area contributed by atoms with Gasteiger partial charge in [-0.2, -0.15) is 0 Å². The molecule has 0 aliphatic carbocycles. The molecule has 1 heterocycles. The van der Waals surface area contributed by atoms with Crippen molar-refractivity contribution in [3.8, 4) is 11.5 Å². The Morgan fingerprint density at radius 2 is 1.66 bits per heavy atom. The van der Waals surface area contributed by atoms with Crippen LogP contribution in [0.25, 0.3) is 5.76 Å². The Morgan fingerprint density at radius 3 is 2.32 bits per heavy atom. The summed E-state index contributed by atoms with van der Waals surface area (Å²) in [6.45, 7) is 5.44. The summed E-state index contributed by atoms with van der Waals surface area (Å²) in [5.41, 5.74) is 3.03. The van der Waals surface area contributed by atoms with E-state index in [0.717, 1.165) is 11.1 Å². The summed E-state index contributed by atoms with van der Waals surface area (Å²) >= 11 is 0. The van der Waals surface area contributed by atoms with Crippen molar-refractivity contribution >= 4 is 17.4 Å². The van der Waals surface area contributed by atoms with Gasteiger partial charge in [-0.1, -0.05) is 42.5 Å². The number of ketones is 1. The van der Waals surface area contributed by atoms with Crippen molar-refractivity contribution in [3.63, 3.8) is 0 Å². The molecule has 0 aromatic heterocycles. The fourth-order valence-electron chi connectivity index (χ4n) is 4.63. The number of aliphatic hydroxyl groups is 1. The fourth-order valence-corrected chi connectivity index (χ4v) is 4.63. The third-order valence-electron chi connectivity index (χ3n) is 6.50. The number of benzene rings is 3. The number of hydrogen-bond donors (Lipinski definition) is 1. The first-order valence-corrected chi connectivity index (χ1v) is 12.7. The fraction of sp³-hybridized carbons (Fsp3) is 0.290. The summed E-state index contributed by atoms with van der Waals surface area (Å²) in [7, 11) is 1.59. The number of aliphatic hydroxyl groups excluding tert-OH is 1. The predicted molar refractivity (Wildman–Crippen MR) is 145 cm³/mol. The van der Waals surface area contributed by atoms with Crippen LogP contribution in [0.4, 0.5) is 0 Å². The van der Waals surface area contributed by atoms with E-state index in [2.05, 4.69) is 0 Å². The molecule has 0 unspecified atom stereocenters. The largest absolute Gasteiger partial charge is 0.507 e. The number of ether oxygens (including phenoxy) is 3. The number of amides is 1. The first-order valence-electron chi connectivity index (χ1n) is 12.7. The van der Waals surface area contributed by atoms with Crippen LogP contribution in [0.3, 0.4) is 0 Å². The summed E-state index contributed by atoms with van der Waals surface area (Å²) in [6, 6.07) is 21.7. The maximum Gasteiger partial charge on any atom is 0.295 e. The lowest BCUT2D eigenvalue weighted by molar-refractivity contribution is -0.140. The minimum Gasteiger partial charge on any atom is -0.507 e. The van der Waals surface area contributed by atoms with Crippen molar-refractivity contribution in [1.29, 1.82) is 0 Å². The molecule has 1 saturated heterocycles. The van der Waals surface area contributed by atoms with Gasteiger partial charge in [0, 0.05) is 25.8 Å². The number of aryl methyl sites for hydroxylation is 1. The van der Waals surface area contributed by atoms with E-state index in [4.69, 9.17) is 14.2 Å². The zero-order chi connectivity index (χ0) is 27.1. The highest BCUT2D eigenvalue weighted by Gasteiger charge is 2.45. The average molecular weight is 516 g/mol. The maximum atomic E-state index is 13.3. The quantitative estimate of drug-likeness (QED) is 0.159. The van der Waals surface area contributed by atoms with Gasteiger partial charge in [0.2, 0.25) is 0 Å². The highest BCUT2D eigenvalue weighted by atomic mass is 16.5. The summed E-state index contributed by atoms with van der Waals surface area (Å²) in [6.07, 6.45) is 0.559. The van der Waals surface area contributed by atoms with Gasteiger partial charge in [-0.05, 0) is 67.3 Å². The van der Waals surface area contributed by atoms with Gasteiger partial charge >= 0.3 is 0 Å². The normalized spacial score (nSPS) is 16.6. The number of carbonyl (C=O) groups is 2.